The van der Waals surface area contributed by atoms with Gasteiger partial charge in [-0.15, -0.1) is 0 Å². The molecule has 4 heteroatoms. The molecule has 0 aliphatic heterocycles. The van der Waals surface area contributed by atoms with Gasteiger partial charge >= 0.3 is 6.03 Å². The Labute approximate surface area is 122 Å². The van der Waals surface area contributed by atoms with Gasteiger partial charge in [0.2, 0.25) is 0 Å². The average molecular weight is 277 g/mol. The Morgan fingerprint density at radius 2 is 1.65 bits per heavy atom. The van der Waals surface area contributed by atoms with Gasteiger partial charge in [-0.2, -0.15) is 0 Å². The molecule has 0 radical (unpaired) electrons. The van der Waals surface area contributed by atoms with Crippen LogP contribution in [-0.2, 0) is 0 Å². The van der Waals surface area contributed by atoms with Crippen LogP contribution in [0, 0.1) is 0 Å². The van der Waals surface area contributed by atoms with Crippen LogP contribution in [0.4, 0.5) is 4.79 Å². The summed E-state index contributed by atoms with van der Waals surface area (Å²) < 4.78 is 0. The predicted molar refractivity (Wildman–Crippen MR) is 83.8 cm³/mol. The van der Waals surface area contributed by atoms with Crippen molar-refractivity contribution in [3.8, 4) is 0 Å². The van der Waals surface area contributed by atoms with Crippen LogP contribution in [0.1, 0.15) is 50.8 Å². The fraction of sp³-hybridized carbons (Fsp3) is 0.562. The van der Waals surface area contributed by atoms with E-state index in [2.05, 4.69) is 31.3 Å². The van der Waals surface area contributed by atoms with Crippen LogP contribution in [0.3, 0.4) is 0 Å². The molecule has 1 unspecified atom stereocenters. The minimum Gasteiger partial charge on any atom is -0.336 e. The van der Waals surface area contributed by atoms with Crippen molar-refractivity contribution >= 4 is 6.03 Å². The highest BCUT2D eigenvalue weighted by molar-refractivity contribution is 5.74. The fourth-order valence-corrected chi connectivity index (χ4v) is 2.07. The maximum absolute atomic E-state index is 11.8. The summed E-state index contributed by atoms with van der Waals surface area (Å²) in [7, 11) is 0. The predicted octanol–water partition coefficient (Wildman–Crippen LogP) is 2.86. The van der Waals surface area contributed by atoms with Gasteiger partial charge in [0.05, 0.1) is 0 Å². The van der Waals surface area contributed by atoms with E-state index in [0.29, 0.717) is 25.6 Å². The van der Waals surface area contributed by atoms with Crippen LogP contribution in [0.5, 0.6) is 0 Å². The summed E-state index contributed by atoms with van der Waals surface area (Å²) in [6.07, 6.45) is 0. The maximum Gasteiger partial charge on any atom is 0.317 e. The topological polar surface area (TPSA) is 58.4 Å². The SMILES string of the molecule is CCN(CC)C(=O)NCC(N)c1ccc(C(C)C)cc1. The van der Waals surface area contributed by atoms with Gasteiger partial charge in [-0.1, -0.05) is 38.1 Å². The quantitative estimate of drug-likeness (QED) is 0.840. The molecule has 1 atom stereocenters. The molecule has 4 nitrogen and oxygen atoms in total. The second-order valence-corrected chi connectivity index (χ2v) is 5.29. The lowest BCUT2D eigenvalue weighted by molar-refractivity contribution is 0.202. The number of nitrogens with one attached hydrogen (secondary N) is 1. The van der Waals surface area contributed by atoms with E-state index < -0.39 is 0 Å². The lowest BCUT2D eigenvalue weighted by atomic mass is 9.99. The summed E-state index contributed by atoms with van der Waals surface area (Å²) in [4.78, 5) is 13.6. The van der Waals surface area contributed by atoms with Crippen molar-refractivity contribution in [3.63, 3.8) is 0 Å². The third-order valence-electron chi connectivity index (χ3n) is 3.56. The Balaban J connectivity index is 2.54. The van der Waals surface area contributed by atoms with Gasteiger partial charge < -0.3 is 16.0 Å². The summed E-state index contributed by atoms with van der Waals surface area (Å²) in [6, 6.07) is 8.07. The zero-order valence-corrected chi connectivity index (χ0v) is 13.0. The van der Waals surface area contributed by atoms with E-state index in [4.69, 9.17) is 5.73 Å². The van der Waals surface area contributed by atoms with Gasteiger partial charge in [0.25, 0.3) is 0 Å². The van der Waals surface area contributed by atoms with E-state index >= 15 is 0 Å². The number of nitrogens with two attached hydrogens (primary N) is 1. The molecule has 0 fully saturated rings. The molecule has 0 saturated heterocycles. The summed E-state index contributed by atoms with van der Waals surface area (Å²) in [6.45, 7) is 10.1. The number of urea groups is 1. The monoisotopic (exact) mass is 277 g/mol. The molecule has 1 aromatic rings. The Morgan fingerprint density at radius 3 is 2.10 bits per heavy atom. The number of amides is 2. The maximum atomic E-state index is 11.8. The van der Waals surface area contributed by atoms with Crippen molar-refractivity contribution in [2.75, 3.05) is 19.6 Å². The Hall–Kier alpha value is -1.55. The zero-order valence-electron chi connectivity index (χ0n) is 13.0. The molecule has 2 amide bonds. The van der Waals surface area contributed by atoms with Gasteiger partial charge in [-0.25, -0.2) is 4.79 Å². The lowest BCUT2D eigenvalue weighted by Gasteiger charge is -2.21. The van der Waals surface area contributed by atoms with Crippen molar-refractivity contribution in [1.29, 1.82) is 0 Å². The molecular weight excluding hydrogens is 250 g/mol. The fourth-order valence-electron chi connectivity index (χ4n) is 2.07. The van der Waals surface area contributed by atoms with Crippen LogP contribution in [0.2, 0.25) is 0 Å². The van der Waals surface area contributed by atoms with E-state index in [9.17, 15) is 4.79 Å². The number of rotatable bonds is 6. The number of hydrogen-bond donors (Lipinski definition) is 2. The molecule has 3 N–H and O–H groups in total. The standard InChI is InChI=1S/C16H27N3O/c1-5-19(6-2)16(20)18-11-15(17)14-9-7-13(8-10-14)12(3)4/h7-10,12,15H,5-6,11,17H2,1-4H3,(H,18,20). The van der Waals surface area contributed by atoms with Crippen LogP contribution < -0.4 is 11.1 Å². The second kappa shape index (κ2) is 7.90. The third-order valence-corrected chi connectivity index (χ3v) is 3.56. The highest BCUT2D eigenvalue weighted by atomic mass is 16.2. The van der Waals surface area contributed by atoms with Gasteiger partial charge in [0.1, 0.15) is 0 Å². The molecule has 0 bridgehead atoms. The van der Waals surface area contributed by atoms with E-state index in [-0.39, 0.29) is 12.1 Å². The van der Waals surface area contributed by atoms with Crippen LogP contribution >= 0.6 is 0 Å². The average Bonchev–Trinajstić information content (AvgIpc) is 2.46. The van der Waals surface area contributed by atoms with Gasteiger partial charge in [-0.3, -0.25) is 0 Å². The smallest absolute Gasteiger partial charge is 0.317 e. The second-order valence-electron chi connectivity index (χ2n) is 5.29. The molecule has 20 heavy (non-hydrogen) atoms. The molecule has 0 aromatic heterocycles. The van der Waals surface area contributed by atoms with Crippen molar-refractivity contribution in [3.05, 3.63) is 35.4 Å². The first-order valence-corrected chi connectivity index (χ1v) is 7.37. The number of benzene rings is 1. The highest BCUT2D eigenvalue weighted by Crippen LogP contribution is 2.17. The highest BCUT2D eigenvalue weighted by Gasteiger charge is 2.12. The van der Waals surface area contributed by atoms with Crippen molar-refractivity contribution in [2.45, 2.75) is 39.7 Å². The first kappa shape index (κ1) is 16.5. The normalized spacial score (nSPS) is 12.3. The summed E-state index contributed by atoms with van der Waals surface area (Å²) in [5.41, 5.74) is 8.47. The zero-order chi connectivity index (χ0) is 15.1. The van der Waals surface area contributed by atoms with E-state index in [1.165, 1.54) is 5.56 Å². The molecule has 0 spiro atoms. The van der Waals surface area contributed by atoms with Crippen LogP contribution in [0.15, 0.2) is 24.3 Å². The van der Waals surface area contributed by atoms with Crippen LogP contribution in [0.25, 0.3) is 0 Å². The number of nitrogens with zero attached hydrogens (tertiary/aromatic N) is 1. The molecule has 1 rings (SSSR count). The molecule has 0 heterocycles. The molecular formula is C16H27N3O. The minimum atomic E-state index is -0.171. The first-order chi connectivity index (χ1) is 9.49. The van der Waals surface area contributed by atoms with Gasteiger partial charge in [0, 0.05) is 25.7 Å². The Morgan fingerprint density at radius 1 is 1.15 bits per heavy atom. The van der Waals surface area contributed by atoms with Crippen LogP contribution in [-0.4, -0.2) is 30.6 Å². The van der Waals surface area contributed by atoms with Crippen molar-refractivity contribution in [2.24, 2.45) is 5.73 Å². The third kappa shape index (κ3) is 4.53. The molecule has 0 aliphatic carbocycles. The largest absolute Gasteiger partial charge is 0.336 e. The number of carbonyl (C=O) groups is 1. The summed E-state index contributed by atoms with van der Waals surface area (Å²) >= 11 is 0. The number of carbonyl (C=O) groups excluding carboxylic acids is 1. The minimum absolute atomic E-state index is 0.0516. The lowest BCUT2D eigenvalue weighted by Crippen LogP contribution is -2.42. The van der Waals surface area contributed by atoms with E-state index in [1.54, 1.807) is 4.90 Å². The first-order valence-electron chi connectivity index (χ1n) is 7.37. The Kier molecular flexibility index (Phi) is 6.52. The van der Waals surface area contributed by atoms with Gasteiger partial charge in [0.15, 0.2) is 0 Å². The van der Waals surface area contributed by atoms with E-state index in [1.807, 2.05) is 26.0 Å². The molecule has 0 aliphatic rings. The van der Waals surface area contributed by atoms with Crippen molar-refractivity contribution in [1.82, 2.24) is 10.2 Å². The molecule has 1 aromatic carbocycles. The Bertz CT molecular complexity index is 410. The number of hydrogen-bond acceptors (Lipinski definition) is 2. The van der Waals surface area contributed by atoms with E-state index in [0.717, 1.165) is 5.56 Å². The summed E-state index contributed by atoms with van der Waals surface area (Å²) in [5, 5.41) is 2.88. The van der Waals surface area contributed by atoms with Crippen molar-refractivity contribution < 1.29 is 4.79 Å². The van der Waals surface area contributed by atoms with Gasteiger partial charge in [-0.05, 0) is 30.9 Å². The summed E-state index contributed by atoms with van der Waals surface area (Å²) in [5.74, 6) is 0.516. The molecule has 0 saturated carbocycles. The molecule has 112 valence electrons.